The number of esters is 2. The average Bonchev–Trinajstić information content (AvgIpc) is 3.14. The molecule has 1 aromatic rings. The molecule has 10 atom stereocenters. The molecule has 4 aliphatic carbocycles. The number of rotatable bonds is 8. The van der Waals surface area contributed by atoms with Gasteiger partial charge in [-0.3, -0.25) is 9.59 Å². The smallest absolute Gasteiger partial charge is 0.336 e. The molecule has 8 rings (SSSR count). The lowest BCUT2D eigenvalue weighted by atomic mass is 9.76. The van der Waals surface area contributed by atoms with Gasteiger partial charge in [-0.1, -0.05) is 0 Å². The van der Waals surface area contributed by atoms with Crippen LogP contribution in [0.15, 0.2) is 14.4 Å². The first-order valence-electron chi connectivity index (χ1n) is 13.4. The van der Waals surface area contributed by atoms with Gasteiger partial charge < -0.3 is 18.9 Å². The quantitative estimate of drug-likeness (QED) is 0.315. The van der Waals surface area contributed by atoms with E-state index in [9.17, 15) is 24.0 Å². The van der Waals surface area contributed by atoms with Crippen LogP contribution in [-0.4, -0.2) is 63.3 Å². The van der Waals surface area contributed by atoms with Crippen LogP contribution in [0.3, 0.4) is 0 Å². The molecule has 3 aliphatic heterocycles. The third-order valence-electron chi connectivity index (χ3n) is 9.72. The van der Waals surface area contributed by atoms with Crippen LogP contribution >= 0.6 is 0 Å². The molecule has 0 aromatic carbocycles. The summed E-state index contributed by atoms with van der Waals surface area (Å²) in [6.45, 7) is -0.639. The van der Waals surface area contributed by atoms with Gasteiger partial charge in [-0.05, 0) is 43.9 Å². The summed E-state index contributed by atoms with van der Waals surface area (Å²) in [5.41, 5.74) is -2.39. The summed E-state index contributed by atoms with van der Waals surface area (Å²) in [7, 11) is 1.28. The Hall–Kier alpha value is -2.73. The number of ether oxygens (including phenoxy) is 4. The maximum Gasteiger partial charge on any atom is 0.336 e. The van der Waals surface area contributed by atoms with Gasteiger partial charge in [0.25, 0.3) is 0 Å². The Morgan fingerprint density at radius 2 is 1.43 bits per heavy atom. The molecule has 12 heteroatoms. The third kappa shape index (κ3) is 3.58. The predicted molar refractivity (Wildman–Crippen MR) is 123 cm³/mol. The summed E-state index contributed by atoms with van der Waals surface area (Å²) in [5, 5.41) is 0. The zero-order valence-electron chi connectivity index (χ0n) is 20.7. The lowest BCUT2D eigenvalue weighted by Crippen LogP contribution is -2.54. The van der Waals surface area contributed by atoms with Gasteiger partial charge in [0.15, 0.2) is 0 Å². The van der Waals surface area contributed by atoms with Gasteiger partial charge in [0.05, 0.1) is 49.3 Å². The summed E-state index contributed by atoms with van der Waals surface area (Å²) >= 11 is 0. The van der Waals surface area contributed by atoms with Crippen LogP contribution in [-0.2, 0) is 48.7 Å². The molecule has 6 bridgehead atoms. The molecule has 7 fully saturated rings. The largest absolute Gasteiger partial charge is 0.464 e. The molecular formula is C25H31N3O9. The van der Waals surface area contributed by atoms with Gasteiger partial charge in [0, 0.05) is 18.9 Å². The van der Waals surface area contributed by atoms with Crippen molar-refractivity contribution in [2.45, 2.75) is 69.6 Å². The highest BCUT2D eigenvalue weighted by molar-refractivity contribution is 5.74. The van der Waals surface area contributed by atoms with Gasteiger partial charge in [-0.15, -0.1) is 0 Å². The molecule has 0 radical (unpaired) electrons. The number of fused-ring (bicyclic) bond motifs is 5. The van der Waals surface area contributed by atoms with Crippen LogP contribution in [0.2, 0.25) is 0 Å². The van der Waals surface area contributed by atoms with Gasteiger partial charge in [-0.25, -0.2) is 28.1 Å². The number of hydrogen-bond donors (Lipinski definition) is 0. The summed E-state index contributed by atoms with van der Waals surface area (Å²) < 4.78 is 24.8. The molecule has 1 aromatic heterocycles. The molecule has 10 unspecified atom stereocenters. The van der Waals surface area contributed by atoms with Crippen LogP contribution in [0.4, 0.5) is 0 Å². The summed E-state index contributed by atoms with van der Waals surface area (Å²) in [6, 6.07) is 0. The fraction of sp³-hybridized carbons (Fsp3) is 0.800. The molecule has 37 heavy (non-hydrogen) atoms. The van der Waals surface area contributed by atoms with E-state index in [1.54, 1.807) is 0 Å². The van der Waals surface area contributed by atoms with Crippen LogP contribution in [0.25, 0.3) is 0 Å². The third-order valence-corrected chi connectivity index (χ3v) is 9.72. The zero-order valence-corrected chi connectivity index (χ0v) is 20.7. The number of carbonyl (C=O) groups is 2. The molecule has 3 saturated heterocycles. The normalized spacial score (nSPS) is 39.7. The number of epoxide rings is 1. The fourth-order valence-corrected chi connectivity index (χ4v) is 7.86. The van der Waals surface area contributed by atoms with Crippen molar-refractivity contribution in [2.24, 2.45) is 42.6 Å². The molecule has 0 N–H and O–H groups in total. The Balaban J connectivity index is 0.959. The van der Waals surface area contributed by atoms with Crippen molar-refractivity contribution in [1.29, 1.82) is 0 Å². The number of carbonyl (C=O) groups excluding carboxylic acids is 2. The first-order chi connectivity index (χ1) is 17.8. The summed E-state index contributed by atoms with van der Waals surface area (Å²) in [5.74, 6) is 0.448. The molecule has 0 amide bonds. The van der Waals surface area contributed by atoms with E-state index < -0.39 is 17.1 Å². The topological polar surface area (TPSA) is 140 Å². The molecule has 4 heterocycles. The Bertz CT molecular complexity index is 1320. The first kappa shape index (κ1) is 23.4. The first-order valence-corrected chi connectivity index (χ1v) is 13.4. The Kier molecular flexibility index (Phi) is 5.30. The van der Waals surface area contributed by atoms with Gasteiger partial charge in [0.1, 0.15) is 13.2 Å². The van der Waals surface area contributed by atoms with E-state index in [0.29, 0.717) is 30.0 Å². The monoisotopic (exact) mass is 517 g/mol. The second kappa shape index (κ2) is 8.39. The predicted octanol–water partition coefficient (Wildman–Crippen LogP) is -0.968. The van der Waals surface area contributed by atoms with Crippen molar-refractivity contribution in [3.05, 3.63) is 31.5 Å². The molecule has 7 aliphatic rings. The van der Waals surface area contributed by atoms with E-state index in [4.69, 9.17) is 18.9 Å². The second-order valence-electron chi connectivity index (χ2n) is 11.6. The van der Waals surface area contributed by atoms with Crippen LogP contribution < -0.4 is 17.1 Å². The highest BCUT2D eigenvalue weighted by Gasteiger charge is 2.65. The van der Waals surface area contributed by atoms with E-state index in [1.807, 2.05) is 0 Å². The van der Waals surface area contributed by atoms with Crippen LogP contribution in [0, 0.1) is 35.5 Å². The molecular weight excluding hydrogens is 486 g/mol. The van der Waals surface area contributed by atoms with E-state index in [-0.39, 0.29) is 68.2 Å². The van der Waals surface area contributed by atoms with Crippen molar-refractivity contribution >= 4 is 11.9 Å². The number of hydrogen-bond acceptors (Lipinski definition) is 9. The number of aromatic nitrogens is 3. The van der Waals surface area contributed by atoms with Crippen molar-refractivity contribution in [3.8, 4) is 0 Å². The maximum atomic E-state index is 13.0. The highest BCUT2D eigenvalue weighted by atomic mass is 16.6. The van der Waals surface area contributed by atoms with Crippen molar-refractivity contribution in [3.63, 3.8) is 0 Å². The molecule has 200 valence electrons. The second-order valence-corrected chi connectivity index (χ2v) is 11.6. The van der Waals surface area contributed by atoms with Gasteiger partial charge in [-0.2, -0.15) is 0 Å². The zero-order chi connectivity index (χ0) is 25.6. The molecule has 12 nitrogen and oxygen atoms in total. The van der Waals surface area contributed by atoms with Crippen molar-refractivity contribution in [1.82, 2.24) is 13.7 Å². The van der Waals surface area contributed by atoms with E-state index in [2.05, 4.69) is 0 Å². The highest BCUT2D eigenvalue weighted by Crippen LogP contribution is 2.59. The maximum absolute atomic E-state index is 13.0. The van der Waals surface area contributed by atoms with Crippen LogP contribution in [0.5, 0.6) is 0 Å². The lowest BCUT2D eigenvalue weighted by Gasteiger charge is -2.42. The standard InChI is InChI=1S/C25H31N3O9/c1-26-23(31)27(2-4-34-21(29)13-6-11-10-17-16(9-13)18(11)36-17)25(33)28(24(26)32)3-5-35-22(30)15-8-12-7-14(15)20-19(12)37-20/h11-20H,2-10H2,1H3. The Labute approximate surface area is 211 Å². The SMILES string of the molecule is Cn1c(=O)n(CCOC(=O)C2CC3CC4OC3C4C2)c(=O)n(CCOC(=O)C2CC3CC2C2OC32)c1=O. The summed E-state index contributed by atoms with van der Waals surface area (Å²) in [6.07, 6.45) is 5.33. The Morgan fingerprint density at radius 3 is 2.08 bits per heavy atom. The minimum Gasteiger partial charge on any atom is -0.464 e. The van der Waals surface area contributed by atoms with Crippen molar-refractivity contribution < 1.29 is 28.5 Å². The lowest BCUT2D eigenvalue weighted by molar-refractivity contribution is -0.174. The van der Waals surface area contributed by atoms with E-state index in [0.717, 1.165) is 45.8 Å². The minimum absolute atomic E-state index is 0.148. The minimum atomic E-state index is -0.817. The summed E-state index contributed by atoms with van der Waals surface area (Å²) in [4.78, 5) is 63.4. The molecule has 4 saturated carbocycles. The van der Waals surface area contributed by atoms with E-state index in [1.165, 1.54) is 7.05 Å². The Morgan fingerprint density at radius 1 is 0.757 bits per heavy atom. The number of nitrogens with zero attached hydrogens (tertiary/aromatic N) is 3. The van der Waals surface area contributed by atoms with E-state index >= 15 is 0 Å². The average molecular weight is 518 g/mol. The molecule has 0 spiro atoms. The van der Waals surface area contributed by atoms with Crippen LogP contribution in [0.1, 0.15) is 32.1 Å². The van der Waals surface area contributed by atoms with Gasteiger partial charge >= 0.3 is 29.0 Å². The van der Waals surface area contributed by atoms with Crippen molar-refractivity contribution in [2.75, 3.05) is 13.2 Å². The van der Waals surface area contributed by atoms with Gasteiger partial charge in [0.2, 0.25) is 0 Å². The fourth-order valence-electron chi connectivity index (χ4n) is 7.86.